The molecule has 2 amide bonds. The fourth-order valence-electron chi connectivity index (χ4n) is 4.29. The summed E-state index contributed by atoms with van der Waals surface area (Å²) in [5.74, 6) is 0.710. The molecule has 0 aliphatic carbocycles. The van der Waals surface area contributed by atoms with Gasteiger partial charge in [-0.25, -0.2) is 4.79 Å². The van der Waals surface area contributed by atoms with Crippen molar-refractivity contribution in [3.63, 3.8) is 0 Å². The van der Waals surface area contributed by atoms with Crippen molar-refractivity contribution in [1.82, 2.24) is 20.0 Å². The highest BCUT2D eigenvalue weighted by Gasteiger charge is 2.25. The van der Waals surface area contributed by atoms with E-state index in [0.717, 1.165) is 11.1 Å². The number of piperazine rings is 1. The number of rotatable bonds is 5. The Morgan fingerprint density at radius 2 is 1.54 bits per heavy atom. The van der Waals surface area contributed by atoms with Gasteiger partial charge in [0.1, 0.15) is 11.4 Å². The number of halogens is 1. The minimum absolute atomic E-state index is 0.120. The first-order valence-electron chi connectivity index (χ1n) is 12.0. The van der Waals surface area contributed by atoms with E-state index >= 15 is 0 Å². The van der Waals surface area contributed by atoms with Crippen molar-refractivity contribution in [3.05, 3.63) is 100 Å². The SMILES string of the molecule is CNC(=O)N1CCN(c2cnn(-c3ccc(Cl)cc3)c(=O)c2Oc2ccc(-c3ccccc3)cc2)CC1. The number of carbonyl (C=O) groups excluding carboxylic acids is 1. The lowest BCUT2D eigenvalue weighted by Crippen LogP contribution is -2.51. The van der Waals surface area contributed by atoms with Gasteiger partial charge in [0.05, 0.1) is 11.9 Å². The van der Waals surface area contributed by atoms with E-state index in [-0.39, 0.29) is 17.3 Å². The first-order valence-corrected chi connectivity index (χ1v) is 12.3. The van der Waals surface area contributed by atoms with Crippen LogP contribution in [0.5, 0.6) is 11.5 Å². The normalized spacial score (nSPS) is 13.4. The number of nitrogens with one attached hydrogen (secondary N) is 1. The Bertz CT molecular complexity index is 1430. The average molecular weight is 516 g/mol. The van der Waals surface area contributed by atoms with E-state index in [0.29, 0.717) is 48.3 Å². The molecular formula is C28H26ClN5O3. The van der Waals surface area contributed by atoms with Crippen LogP contribution in [0.4, 0.5) is 10.5 Å². The van der Waals surface area contributed by atoms with Gasteiger partial charge in [-0.15, -0.1) is 0 Å². The molecule has 1 fully saturated rings. The number of aromatic nitrogens is 2. The molecule has 0 saturated carbocycles. The second kappa shape index (κ2) is 10.8. The number of amides is 2. The molecule has 0 unspecified atom stereocenters. The summed E-state index contributed by atoms with van der Waals surface area (Å²) in [6, 6.07) is 24.4. The van der Waals surface area contributed by atoms with Crippen LogP contribution < -0.4 is 20.5 Å². The summed E-state index contributed by atoms with van der Waals surface area (Å²) in [4.78, 5) is 29.5. The number of anilines is 1. The summed E-state index contributed by atoms with van der Waals surface area (Å²) in [5.41, 5.74) is 2.92. The summed E-state index contributed by atoms with van der Waals surface area (Å²) in [6.07, 6.45) is 1.64. The van der Waals surface area contributed by atoms with E-state index in [1.807, 2.05) is 59.5 Å². The van der Waals surface area contributed by atoms with Crippen LogP contribution in [0.2, 0.25) is 5.02 Å². The van der Waals surface area contributed by atoms with Gasteiger partial charge in [0, 0.05) is 38.2 Å². The Kier molecular flexibility index (Phi) is 7.09. The Labute approximate surface area is 219 Å². The molecule has 3 aromatic carbocycles. The largest absolute Gasteiger partial charge is 0.449 e. The van der Waals surface area contributed by atoms with Crippen LogP contribution in [0.1, 0.15) is 0 Å². The smallest absolute Gasteiger partial charge is 0.317 e. The fourth-order valence-corrected chi connectivity index (χ4v) is 4.42. The van der Waals surface area contributed by atoms with E-state index in [4.69, 9.17) is 16.3 Å². The van der Waals surface area contributed by atoms with Crippen LogP contribution in [0.3, 0.4) is 0 Å². The fraction of sp³-hybridized carbons (Fsp3) is 0.179. The molecular weight excluding hydrogens is 490 g/mol. The van der Waals surface area contributed by atoms with E-state index in [2.05, 4.69) is 10.4 Å². The van der Waals surface area contributed by atoms with Gasteiger partial charge in [0.2, 0.25) is 5.75 Å². The molecule has 188 valence electrons. The molecule has 1 saturated heterocycles. The third kappa shape index (κ3) is 5.29. The Hall–Kier alpha value is -4.30. The standard InChI is InChI=1S/C28H26ClN5O3/c1-30-28(36)33-17-15-32(16-18-33)25-19-31-34(23-11-9-22(29)10-12-23)27(35)26(25)37-24-13-7-21(8-14-24)20-5-3-2-4-6-20/h2-14,19H,15-18H2,1H3,(H,30,36). The number of hydrogen-bond acceptors (Lipinski definition) is 5. The highest BCUT2D eigenvalue weighted by atomic mass is 35.5. The lowest BCUT2D eigenvalue weighted by Gasteiger charge is -2.36. The van der Waals surface area contributed by atoms with Crippen molar-refractivity contribution in [3.8, 4) is 28.3 Å². The first-order chi connectivity index (χ1) is 18.0. The lowest BCUT2D eigenvalue weighted by molar-refractivity contribution is 0.196. The zero-order valence-electron chi connectivity index (χ0n) is 20.3. The first kappa shape index (κ1) is 24.4. The second-order valence-corrected chi connectivity index (χ2v) is 9.01. The number of benzene rings is 3. The summed E-state index contributed by atoms with van der Waals surface area (Å²) in [6.45, 7) is 2.13. The molecule has 1 N–H and O–H groups in total. The van der Waals surface area contributed by atoms with Crippen molar-refractivity contribution < 1.29 is 9.53 Å². The molecule has 0 bridgehead atoms. The Balaban J connectivity index is 1.49. The number of urea groups is 1. The van der Waals surface area contributed by atoms with Crippen molar-refractivity contribution in [1.29, 1.82) is 0 Å². The monoisotopic (exact) mass is 515 g/mol. The predicted molar refractivity (Wildman–Crippen MR) is 145 cm³/mol. The highest BCUT2D eigenvalue weighted by molar-refractivity contribution is 6.30. The molecule has 0 radical (unpaired) electrons. The van der Waals surface area contributed by atoms with Gasteiger partial charge < -0.3 is 19.9 Å². The van der Waals surface area contributed by atoms with Gasteiger partial charge in [0.25, 0.3) is 0 Å². The second-order valence-electron chi connectivity index (χ2n) is 8.57. The third-order valence-electron chi connectivity index (χ3n) is 6.29. The maximum Gasteiger partial charge on any atom is 0.317 e. The molecule has 8 nitrogen and oxygen atoms in total. The third-order valence-corrected chi connectivity index (χ3v) is 6.54. The van der Waals surface area contributed by atoms with Crippen molar-refractivity contribution in [2.75, 3.05) is 38.1 Å². The Morgan fingerprint density at radius 3 is 2.19 bits per heavy atom. The molecule has 0 atom stereocenters. The molecule has 4 aromatic rings. The average Bonchev–Trinajstić information content (AvgIpc) is 2.95. The van der Waals surface area contributed by atoms with Crippen LogP contribution in [-0.4, -0.2) is 53.9 Å². The van der Waals surface area contributed by atoms with Gasteiger partial charge in [0.15, 0.2) is 0 Å². The maximum absolute atomic E-state index is 13.7. The summed E-state index contributed by atoms with van der Waals surface area (Å²) >= 11 is 6.03. The quantitative estimate of drug-likeness (QED) is 0.413. The van der Waals surface area contributed by atoms with Crippen LogP contribution in [0.15, 0.2) is 89.9 Å². The van der Waals surface area contributed by atoms with Crippen molar-refractivity contribution in [2.24, 2.45) is 0 Å². The number of ether oxygens (including phenoxy) is 1. The predicted octanol–water partition coefficient (Wildman–Crippen LogP) is 4.81. The van der Waals surface area contributed by atoms with Crippen LogP contribution in [0.25, 0.3) is 16.8 Å². The van der Waals surface area contributed by atoms with E-state index < -0.39 is 0 Å². The zero-order valence-corrected chi connectivity index (χ0v) is 21.1. The molecule has 0 spiro atoms. The molecule has 1 aliphatic rings. The maximum atomic E-state index is 13.7. The molecule has 2 heterocycles. The molecule has 1 aliphatic heterocycles. The topological polar surface area (TPSA) is 79.7 Å². The van der Waals surface area contributed by atoms with Gasteiger partial charge in [-0.2, -0.15) is 9.78 Å². The van der Waals surface area contributed by atoms with Gasteiger partial charge >= 0.3 is 11.6 Å². The van der Waals surface area contributed by atoms with E-state index in [1.54, 1.807) is 42.4 Å². The van der Waals surface area contributed by atoms with Gasteiger partial charge in [-0.1, -0.05) is 54.1 Å². The van der Waals surface area contributed by atoms with Crippen LogP contribution in [-0.2, 0) is 0 Å². The van der Waals surface area contributed by atoms with E-state index in [1.165, 1.54) is 4.68 Å². The van der Waals surface area contributed by atoms with E-state index in [9.17, 15) is 9.59 Å². The lowest BCUT2D eigenvalue weighted by atomic mass is 10.1. The van der Waals surface area contributed by atoms with Crippen LogP contribution in [0, 0.1) is 0 Å². The van der Waals surface area contributed by atoms with Crippen LogP contribution >= 0.6 is 11.6 Å². The van der Waals surface area contributed by atoms with Gasteiger partial charge in [-0.3, -0.25) is 4.79 Å². The summed E-state index contributed by atoms with van der Waals surface area (Å²) in [7, 11) is 1.62. The molecule has 37 heavy (non-hydrogen) atoms. The summed E-state index contributed by atoms with van der Waals surface area (Å²) < 4.78 is 7.53. The molecule has 9 heteroatoms. The zero-order chi connectivity index (χ0) is 25.8. The molecule has 5 rings (SSSR count). The minimum atomic E-state index is -0.388. The van der Waals surface area contributed by atoms with Gasteiger partial charge in [-0.05, 0) is 47.5 Å². The van der Waals surface area contributed by atoms with Crippen molar-refractivity contribution >= 4 is 23.3 Å². The van der Waals surface area contributed by atoms with Crippen molar-refractivity contribution in [2.45, 2.75) is 0 Å². The summed E-state index contributed by atoms with van der Waals surface area (Å²) in [5, 5.41) is 7.65. The highest BCUT2D eigenvalue weighted by Crippen LogP contribution is 2.31. The Morgan fingerprint density at radius 1 is 0.892 bits per heavy atom. The molecule has 1 aromatic heterocycles. The minimum Gasteiger partial charge on any atom is -0.449 e. The number of hydrogen-bond donors (Lipinski definition) is 1. The number of carbonyl (C=O) groups is 1. The number of nitrogens with zero attached hydrogens (tertiary/aromatic N) is 4.